The van der Waals surface area contributed by atoms with E-state index >= 15 is 0 Å². The van der Waals surface area contributed by atoms with E-state index in [4.69, 9.17) is 9.47 Å². The lowest BCUT2D eigenvalue weighted by Gasteiger charge is -2.55. The number of rotatable bonds is 10. The minimum atomic E-state index is -1.01. The quantitative estimate of drug-likeness (QED) is 0.204. The summed E-state index contributed by atoms with van der Waals surface area (Å²) in [4.78, 5) is 56.5. The maximum Gasteiger partial charge on any atom is 0.278 e. The molecular weight excluding hydrogens is 594 g/mol. The van der Waals surface area contributed by atoms with E-state index < -0.39 is 23.0 Å². The number of nitro groups is 1. The van der Waals surface area contributed by atoms with Gasteiger partial charge in [-0.1, -0.05) is 48.5 Å². The molecule has 3 aliphatic rings. The van der Waals surface area contributed by atoms with Crippen molar-refractivity contribution in [3.63, 3.8) is 0 Å². The van der Waals surface area contributed by atoms with E-state index in [0.29, 0.717) is 17.7 Å². The molecule has 46 heavy (non-hydrogen) atoms. The van der Waals surface area contributed by atoms with Crippen LogP contribution in [-0.2, 0) is 33.8 Å². The van der Waals surface area contributed by atoms with Crippen LogP contribution >= 0.6 is 0 Å². The standard InChI is InChI=1S/C33H33N5O8/c1-2-14-35-20-32(41)36-27(15-23-8-11-25(39)12-9-23)33(42)34(18-24-16-28-29(46-21-45-28)17-26(24)38(43)44)19-30(36)37(35)31(40)13-10-22-6-4-3-5-7-22/h2-9,11-12,16-17,27,30,39H,1,10,13-15,18-21H2/t27-,30-/m0/s1. The molecule has 0 aliphatic carbocycles. The molecule has 3 heterocycles. The zero-order valence-electron chi connectivity index (χ0n) is 25.0. The van der Waals surface area contributed by atoms with Crippen LogP contribution in [0.25, 0.3) is 0 Å². The summed E-state index contributed by atoms with van der Waals surface area (Å²) in [5.41, 5.74) is 1.66. The topological polar surface area (TPSA) is 146 Å². The van der Waals surface area contributed by atoms with Gasteiger partial charge in [-0.05, 0) is 35.7 Å². The number of ether oxygens (including phenoxy) is 2. The molecule has 0 radical (unpaired) electrons. The van der Waals surface area contributed by atoms with Crippen molar-refractivity contribution in [1.82, 2.24) is 19.8 Å². The number of amides is 3. The number of nitro benzene ring substituents is 1. The Morgan fingerprint density at radius 1 is 1.04 bits per heavy atom. The SMILES string of the molecule is C=CCN1CC(=O)N2[C@@H](Cc3ccc(O)cc3)C(=O)N(Cc3cc4c(cc3[N+](=O)[O-])OCO4)C[C@@H]2N1C(=O)CCc1ccccc1. The molecule has 0 bridgehead atoms. The first kappa shape index (κ1) is 30.6. The van der Waals surface area contributed by atoms with Crippen molar-refractivity contribution < 1.29 is 33.9 Å². The van der Waals surface area contributed by atoms with E-state index in [0.717, 1.165) is 5.56 Å². The van der Waals surface area contributed by atoms with Crippen LogP contribution in [0.3, 0.4) is 0 Å². The molecule has 0 unspecified atom stereocenters. The molecule has 3 aromatic carbocycles. The smallest absolute Gasteiger partial charge is 0.278 e. The zero-order valence-corrected chi connectivity index (χ0v) is 25.0. The Morgan fingerprint density at radius 3 is 2.46 bits per heavy atom. The van der Waals surface area contributed by atoms with E-state index in [1.165, 1.54) is 34.1 Å². The minimum absolute atomic E-state index is 0.0534. The number of phenolic OH excluding ortho intramolecular Hbond substituents is 1. The maximum absolute atomic E-state index is 14.2. The first-order valence-corrected chi connectivity index (χ1v) is 14.9. The van der Waals surface area contributed by atoms with Gasteiger partial charge in [0.2, 0.25) is 24.5 Å². The lowest BCUT2D eigenvalue weighted by atomic mass is 9.97. The number of piperazine rings is 1. The summed E-state index contributed by atoms with van der Waals surface area (Å²) in [5, 5.41) is 25.1. The van der Waals surface area contributed by atoms with Crippen molar-refractivity contribution in [3.05, 3.63) is 106 Å². The number of carbonyl (C=O) groups is 3. The number of benzene rings is 3. The van der Waals surface area contributed by atoms with Gasteiger partial charge in [-0.2, -0.15) is 0 Å². The van der Waals surface area contributed by atoms with Crippen molar-refractivity contribution >= 4 is 23.4 Å². The Balaban J connectivity index is 1.37. The number of fused-ring (bicyclic) bond motifs is 2. The van der Waals surface area contributed by atoms with Crippen molar-refractivity contribution in [3.8, 4) is 17.2 Å². The van der Waals surface area contributed by atoms with Crippen molar-refractivity contribution in [2.45, 2.75) is 38.0 Å². The Labute approximate surface area is 264 Å². The Bertz CT molecular complexity index is 1660. The maximum atomic E-state index is 14.2. The first-order chi connectivity index (χ1) is 22.2. The average molecular weight is 628 g/mol. The van der Waals surface area contributed by atoms with Gasteiger partial charge in [-0.25, -0.2) is 10.0 Å². The average Bonchev–Trinajstić information content (AvgIpc) is 3.50. The lowest BCUT2D eigenvalue weighted by molar-refractivity contribution is -0.385. The van der Waals surface area contributed by atoms with Gasteiger partial charge in [-0.15, -0.1) is 6.58 Å². The fourth-order valence-corrected chi connectivity index (χ4v) is 6.25. The monoisotopic (exact) mass is 627 g/mol. The van der Waals surface area contributed by atoms with Crippen LogP contribution in [0.15, 0.2) is 79.4 Å². The van der Waals surface area contributed by atoms with Gasteiger partial charge in [0, 0.05) is 19.4 Å². The van der Waals surface area contributed by atoms with Gasteiger partial charge in [0.05, 0.1) is 36.2 Å². The molecule has 2 saturated heterocycles. The summed E-state index contributed by atoms with van der Waals surface area (Å²) in [7, 11) is 0. The van der Waals surface area contributed by atoms with Gasteiger partial charge in [0.15, 0.2) is 11.5 Å². The predicted molar refractivity (Wildman–Crippen MR) is 164 cm³/mol. The van der Waals surface area contributed by atoms with Crippen LogP contribution in [0.4, 0.5) is 5.69 Å². The van der Waals surface area contributed by atoms with Crippen molar-refractivity contribution in [2.24, 2.45) is 0 Å². The van der Waals surface area contributed by atoms with Crippen LogP contribution in [0.1, 0.15) is 23.1 Å². The molecule has 0 aromatic heterocycles. The molecule has 2 atom stereocenters. The molecule has 13 heteroatoms. The highest BCUT2D eigenvalue weighted by atomic mass is 16.7. The molecule has 0 saturated carbocycles. The van der Waals surface area contributed by atoms with Crippen LogP contribution in [0.5, 0.6) is 17.2 Å². The number of hydrogen-bond donors (Lipinski definition) is 1. The second kappa shape index (κ2) is 12.9. The number of aromatic hydroxyl groups is 1. The highest BCUT2D eigenvalue weighted by molar-refractivity contribution is 5.92. The fraction of sp³-hybridized carbons (Fsp3) is 0.303. The third kappa shape index (κ3) is 6.09. The Hall–Kier alpha value is -5.43. The Morgan fingerprint density at radius 2 is 1.76 bits per heavy atom. The molecule has 13 nitrogen and oxygen atoms in total. The summed E-state index contributed by atoms with van der Waals surface area (Å²) in [6, 6.07) is 17.7. The van der Waals surface area contributed by atoms with Crippen LogP contribution in [0, 0.1) is 10.1 Å². The number of hydrogen-bond acceptors (Lipinski definition) is 9. The van der Waals surface area contributed by atoms with Crippen LogP contribution < -0.4 is 9.47 Å². The van der Waals surface area contributed by atoms with E-state index in [2.05, 4.69) is 6.58 Å². The molecule has 3 aromatic rings. The minimum Gasteiger partial charge on any atom is -0.508 e. The molecule has 0 spiro atoms. The molecule has 238 valence electrons. The molecular formula is C33H33N5O8. The van der Waals surface area contributed by atoms with Crippen molar-refractivity contribution in [2.75, 3.05) is 26.4 Å². The van der Waals surface area contributed by atoms with Crippen LogP contribution in [0.2, 0.25) is 0 Å². The number of carbonyl (C=O) groups excluding carboxylic acids is 3. The molecule has 2 fully saturated rings. The summed E-state index contributed by atoms with van der Waals surface area (Å²) in [5.74, 6) is -0.360. The second-order valence-corrected chi connectivity index (χ2v) is 11.3. The highest BCUT2D eigenvalue weighted by Gasteiger charge is 2.51. The van der Waals surface area contributed by atoms with E-state index in [-0.39, 0.29) is 80.4 Å². The Kier molecular flexibility index (Phi) is 8.57. The van der Waals surface area contributed by atoms with E-state index in [1.54, 1.807) is 28.2 Å². The fourth-order valence-electron chi connectivity index (χ4n) is 6.25. The normalized spacial score (nSPS) is 19.3. The van der Waals surface area contributed by atoms with Gasteiger partial charge in [-0.3, -0.25) is 24.5 Å². The molecule has 3 amide bonds. The van der Waals surface area contributed by atoms with Gasteiger partial charge in [0.25, 0.3) is 5.69 Å². The lowest BCUT2D eigenvalue weighted by Crippen LogP contribution is -2.75. The molecule has 3 aliphatic heterocycles. The van der Waals surface area contributed by atoms with Crippen molar-refractivity contribution in [1.29, 1.82) is 0 Å². The summed E-state index contributed by atoms with van der Waals surface area (Å²) >= 11 is 0. The molecule has 1 N–H and O–H groups in total. The third-order valence-corrected chi connectivity index (χ3v) is 8.39. The summed E-state index contributed by atoms with van der Waals surface area (Å²) in [6.45, 7) is 3.58. The number of nitrogens with zero attached hydrogens (tertiary/aromatic N) is 5. The van der Waals surface area contributed by atoms with E-state index in [9.17, 15) is 29.6 Å². The second-order valence-electron chi connectivity index (χ2n) is 11.3. The number of phenols is 1. The summed E-state index contributed by atoms with van der Waals surface area (Å²) < 4.78 is 10.8. The van der Waals surface area contributed by atoms with Gasteiger partial charge < -0.3 is 24.4 Å². The molecule has 6 rings (SSSR count). The number of aryl methyl sites for hydroxylation is 1. The first-order valence-electron chi connectivity index (χ1n) is 14.9. The highest BCUT2D eigenvalue weighted by Crippen LogP contribution is 2.39. The van der Waals surface area contributed by atoms with Gasteiger partial charge in [0.1, 0.15) is 18.0 Å². The number of hydrazine groups is 1. The van der Waals surface area contributed by atoms with Crippen LogP contribution in [-0.4, -0.2) is 86.2 Å². The summed E-state index contributed by atoms with van der Waals surface area (Å²) in [6.07, 6.45) is 1.46. The third-order valence-electron chi connectivity index (χ3n) is 8.39. The predicted octanol–water partition coefficient (Wildman–Crippen LogP) is 3.02. The zero-order chi connectivity index (χ0) is 32.4. The van der Waals surface area contributed by atoms with Gasteiger partial charge >= 0.3 is 0 Å². The van der Waals surface area contributed by atoms with E-state index in [1.807, 2.05) is 30.3 Å². The largest absolute Gasteiger partial charge is 0.508 e.